The zero-order valence-corrected chi connectivity index (χ0v) is 11.6. The molecule has 1 heterocycles. The van der Waals surface area contributed by atoms with Crippen LogP contribution in [0.15, 0.2) is 18.2 Å². The molecule has 3 N–H and O–H groups in total. The minimum absolute atomic E-state index is 0.0142. The highest BCUT2D eigenvalue weighted by Gasteiger charge is 2.21. The summed E-state index contributed by atoms with van der Waals surface area (Å²) in [6.07, 6.45) is -0.900. The summed E-state index contributed by atoms with van der Waals surface area (Å²) in [7, 11) is 0. The largest absolute Gasteiger partial charge is 0.394 e. The van der Waals surface area contributed by atoms with Gasteiger partial charge in [-0.3, -0.25) is 10.1 Å². The maximum atomic E-state index is 11.2. The number of anilines is 2. The highest BCUT2D eigenvalue weighted by molar-refractivity contribution is 5.69. The van der Waals surface area contributed by atoms with Crippen molar-refractivity contribution in [3.05, 3.63) is 28.3 Å². The van der Waals surface area contributed by atoms with Gasteiger partial charge in [0.2, 0.25) is 0 Å². The first-order chi connectivity index (χ1) is 10.1. The van der Waals surface area contributed by atoms with Crippen molar-refractivity contribution in [2.24, 2.45) is 0 Å². The fourth-order valence-corrected chi connectivity index (χ4v) is 2.15. The molecule has 1 aliphatic heterocycles. The molecule has 1 aliphatic rings. The van der Waals surface area contributed by atoms with Gasteiger partial charge in [0.15, 0.2) is 0 Å². The van der Waals surface area contributed by atoms with Crippen LogP contribution in [0.5, 0.6) is 0 Å². The number of benzene rings is 1. The Morgan fingerprint density at radius 2 is 2.14 bits per heavy atom. The molecule has 1 atom stereocenters. The topological polar surface area (TPSA) is 108 Å². The van der Waals surface area contributed by atoms with E-state index < -0.39 is 11.0 Å². The Bertz CT molecular complexity index is 491. The van der Waals surface area contributed by atoms with Crippen molar-refractivity contribution in [3.63, 3.8) is 0 Å². The summed E-state index contributed by atoms with van der Waals surface area (Å²) < 4.78 is 5.25. The smallest absolute Gasteiger partial charge is 0.294 e. The number of nitro groups is 1. The summed E-state index contributed by atoms with van der Waals surface area (Å²) in [6, 6.07) is 4.86. The molecule has 0 aromatic heterocycles. The standard InChI is InChI=1S/C13H19N3O5/c17-9-11(18)8-14-10-1-2-12(13(7-10)16(19)20)15-3-5-21-6-4-15/h1-2,7,11,14,17-18H,3-6,8-9H2. The number of nitrogens with one attached hydrogen (secondary N) is 1. The molecule has 0 radical (unpaired) electrons. The zero-order valence-electron chi connectivity index (χ0n) is 11.6. The summed E-state index contributed by atoms with van der Waals surface area (Å²) in [5.41, 5.74) is 1.11. The van der Waals surface area contributed by atoms with Crippen molar-refractivity contribution in [1.29, 1.82) is 0 Å². The van der Waals surface area contributed by atoms with Crippen LogP contribution >= 0.6 is 0 Å². The van der Waals surface area contributed by atoms with Gasteiger partial charge >= 0.3 is 0 Å². The predicted octanol–water partition coefficient (Wildman–Crippen LogP) is 0.196. The molecule has 0 amide bonds. The third-order valence-corrected chi connectivity index (χ3v) is 3.28. The number of ether oxygens (including phenoxy) is 1. The van der Waals surface area contributed by atoms with Crippen LogP contribution in [0.4, 0.5) is 17.1 Å². The van der Waals surface area contributed by atoms with Gasteiger partial charge in [0.05, 0.1) is 30.8 Å². The molecule has 1 fully saturated rings. The second-order valence-electron chi connectivity index (χ2n) is 4.78. The van der Waals surface area contributed by atoms with Gasteiger partial charge in [0.25, 0.3) is 5.69 Å². The van der Waals surface area contributed by atoms with E-state index in [4.69, 9.17) is 9.84 Å². The lowest BCUT2D eigenvalue weighted by Crippen LogP contribution is -2.36. The quantitative estimate of drug-likeness (QED) is 0.508. The van der Waals surface area contributed by atoms with Gasteiger partial charge in [-0.1, -0.05) is 0 Å². The van der Waals surface area contributed by atoms with Gasteiger partial charge in [-0.15, -0.1) is 0 Å². The lowest BCUT2D eigenvalue weighted by Gasteiger charge is -2.28. The summed E-state index contributed by atoms with van der Waals surface area (Å²) >= 11 is 0. The van der Waals surface area contributed by atoms with Crippen LogP contribution in [0.3, 0.4) is 0 Å². The maximum absolute atomic E-state index is 11.2. The normalized spacial score (nSPS) is 16.6. The number of aliphatic hydroxyl groups is 2. The third kappa shape index (κ3) is 4.03. The molecule has 8 nitrogen and oxygen atoms in total. The lowest BCUT2D eigenvalue weighted by molar-refractivity contribution is -0.384. The van der Waals surface area contributed by atoms with Crippen molar-refractivity contribution in [3.8, 4) is 0 Å². The molecule has 1 unspecified atom stereocenters. The van der Waals surface area contributed by atoms with Gasteiger partial charge in [-0.05, 0) is 12.1 Å². The van der Waals surface area contributed by atoms with E-state index in [2.05, 4.69) is 5.32 Å². The molecule has 8 heteroatoms. The fraction of sp³-hybridized carbons (Fsp3) is 0.538. The molecular weight excluding hydrogens is 278 g/mol. The van der Waals surface area contributed by atoms with Gasteiger partial charge in [-0.2, -0.15) is 0 Å². The molecule has 1 aromatic rings. The average molecular weight is 297 g/mol. The summed E-state index contributed by atoms with van der Waals surface area (Å²) in [5.74, 6) is 0. The van der Waals surface area contributed by atoms with Crippen LogP contribution in [-0.2, 0) is 4.74 Å². The average Bonchev–Trinajstić information content (AvgIpc) is 2.53. The predicted molar refractivity (Wildman–Crippen MR) is 77.7 cm³/mol. The van der Waals surface area contributed by atoms with Crippen molar-refractivity contribution >= 4 is 17.1 Å². The highest BCUT2D eigenvalue weighted by Crippen LogP contribution is 2.31. The minimum atomic E-state index is -0.900. The molecule has 1 aromatic carbocycles. The number of hydrogen-bond donors (Lipinski definition) is 3. The molecule has 116 valence electrons. The van der Waals surface area contributed by atoms with Gasteiger partial charge < -0.3 is 25.2 Å². The van der Waals surface area contributed by atoms with E-state index in [0.29, 0.717) is 37.7 Å². The lowest BCUT2D eigenvalue weighted by atomic mass is 10.2. The number of rotatable bonds is 6. The first-order valence-corrected chi connectivity index (χ1v) is 6.75. The Morgan fingerprint density at radius 3 is 2.76 bits per heavy atom. The zero-order chi connectivity index (χ0) is 15.2. The molecule has 0 bridgehead atoms. The van der Waals surface area contributed by atoms with Crippen LogP contribution in [0, 0.1) is 10.1 Å². The van der Waals surface area contributed by atoms with Crippen LogP contribution in [0.1, 0.15) is 0 Å². The number of hydrogen-bond acceptors (Lipinski definition) is 7. The van der Waals surface area contributed by atoms with Crippen molar-refractivity contribution in [2.75, 3.05) is 49.7 Å². The minimum Gasteiger partial charge on any atom is -0.394 e. The maximum Gasteiger partial charge on any atom is 0.294 e. The van der Waals surface area contributed by atoms with E-state index in [0.717, 1.165) is 0 Å². The fourth-order valence-electron chi connectivity index (χ4n) is 2.15. The molecule has 2 rings (SSSR count). The van der Waals surface area contributed by atoms with E-state index in [1.54, 1.807) is 12.1 Å². The SMILES string of the molecule is O=[N+]([O-])c1cc(NCC(O)CO)ccc1N1CCOCC1. The summed E-state index contributed by atoms with van der Waals surface area (Å²) in [5, 5.41) is 32.1. The molecular formula is C13H19N3O5. The number of nitrogens with zero attached hydrogens (tertiary/aromatic N) is 2. The van der Waals surface area contributed by atoms with E-state index in [9.17, 15) is 15.2 Å². The molecule has 0 aliphatic carbocycles. The molecule has 0 saturated carbocycles. The second-order valence-corrected chi connectivity index (χ2v) is 4.78. The van der Waals surface area contributed by atoms with E-state index in [-0.39, 0.29) is 18.8 Å². The Morgan fingerprint density at radius 1 is 1.43 bits per heavy atom. The van der Waals surface area contributed by atoms with Crippen LogP contribution in [0.25, 0.3) is 0 Å². The van der Waals surface area contributed by atoms with Gasteiger partial charge in [0, 0.05) is 31.4 Å². The molecule has 0 spiro atoms. The van der Waals surface area contributed by atoms with Crippen LogP contribution in [0.2, 0.25) is 0 Å². The summed E-state index contributed by atoms with van der Waals surface area (Å²) in [6.45, 7) is 2.12. The van der Waals surface area contributed by atoms with Crippen LogP contribution in [-0.4, -0.2) is 60.7 Å². The first kappa shape index (κ1) is 15.5. The highest BCUT2D eigenvalue weighted by atomic mass is 16.6. The second kappa shape index (κ2) is 7.21. The number of aliphatic hydroxyl groups excluding tert-OH is 2. The Kier molecular flexibility index (Phi) is 5.32. The van der Waals surface area contributed by atoms with E-state index >= 15 is 0 Å². The van der Waals surface area contributed by atoms with E-state index in [1.165, 1.54) is 6.07 Å². The monoisotopic (exact) mass is 297 g/mol. The molecule has 21 heavy (non-hydrogen) atoms. The van der Waals surface area contributed by atoms with E-state index in [1.807, 2.05) is 4.90 Å². The molecule has 1 saturated heterocycles. The number of morpholine rings is 1. The number of nitro benzene ring substituents is 1. The summed E-state index contributed by atoms with van der Waals surface area (Å²) in [4.78, 5) is 12.7. The van der Waals surface area contributed by atoms with Crippen molar-refractivity contribution in [1.82, 2.24) is 0 Å². The van der Waals surface area contributed by atoms with Crippen molar-refractivity contribution in [2.45, 2.75) is 6.10 Å². The third-order valence-electron chi connectivity index (χ3n) is 3.28. The first-order valence-electron chi connectivity index (χ1n) is 6.75. The Hall–Kier alpha value is -1.90. The Balaban J connectivity index is 2.16. The van der Waals surface area contributed by atoms with Crippen molar-refractivity contribution < 1.29 is 19.9 Å². The van der Waals surface area contributed by atoms with Crippen LogP contribution < -0.4 is 10.2 Å². The van der Waals surface area contributed by atoms with Gasteiger partial charge in [-0.25, -0.2) is 0 Å². The Labute approximate surface area is 122 Å². The van der Waals surface area contributed by atoms with Gasteiger partial charge in [0.1, 0.15) is 5.69 Å².